The molecule has 0 saturated carbocycles. The molecular formula is C15H24N2O. The Balaban J connectivity index is 2.80. The van der Waals surface area contributed by atoms with E-state index in [0.29, 0.717) is 12.5 Å². The molecule has 0 aromatic heterocycles. The van der Waals surface area contributed by atoms with Crippen LogP contribution in [0.3, 0.4) is 0 Å². The van der Waals surface area contributed by atoms with Crippen molar-refractivity contribution in [2.45, 2.75) is 33.2 Å². The van der Waals surface area contributed by atoms with Gasteiger partial charge in [-0.1, -0.05) is 45.0 Å². The fourth-order valence-electron chi connectivity index (χ4n) is 1.98. The molecule has 3 nitrogen and oxygen atoms in total. The van der Waals surface area contributed by atoms with Crippen molar-refractivity contribution < 1.29 is 4.79 Å². The van der Waals surface area contributed by atoms with E-state index >= 15 is 0 Å². The monoisotopic (exact) mass is 248 g/mol. The maximum absolute atomic E-state index is 11.7. The zero-order valence-electron chi connectivity index (χ0n) is 11.8. The van der Waals surface area contributed by atoms with Gasteiger partial charge >= 0.3 is 0 Å². The minimum Gasteiger partial charge on any atom is -0.348 e. The lowest BCUT2D eigenvalue weighted by Crippen LogP contribution is -2.37. The van der Waals surface area contributed by atoms with E-state index in [-0.39, 0.29) is 11.9 Å². The van der Waals surface area contributed by atoms with E-state index in [1.54, 1.807) is 7.05 Å². The summed E-state index contributed by atoms with van der Waals surface area (Å²) in [7, 11) is 1.78. The highest BCUT2D eigenvalue weighted by Gasteiger charge is 2.17. The molecule has 0 aliphatic heterocycles. The van der Waals surface area contributed by atoms with Crippen LogP contribution in [0.4, 0.5) is 0 Å². The van der Waals surface area contributed by atoms with Crippen LogP contribution < -0.4 is 10.6 Å². The highest BCUT2D eigenvalue weighted by molar-refractivity contribution is 5.78. The number of hydrogen-bond acceptors (Lipinski definition) is 2. The summed E-state index contributed by atoms with van der Waals surface area (Å²) in [4.78, 5) is 11.7. The van der Waals surface area contributed by atoms with E-state index in [9.17, 15) is 4.79 Å². The average Bonchev–Trinajstić information content (AvgIpc) is 2.36. The van der Waals surface area contributed by atoms with Gasteiger partial charge in [-0.15, -0.1) is 0 Å². The second-order valence-electron chi connectivity index (χ2n) is 4.91. The maximum atomic E-state index is 11.7. The lowest BCUT2D eigenvalue weighted by atomic mass is 9.95. The third-order valence-corrected chi connectivity index (χ3v) is 3.07. The molecule has 0 radical (unpaired) electrons. The fourth-order valence-corrected chi connectivity index (χ4v) is 1.98. The number of benzene rings is 1. The van der Waals surface area contributed by atoms with Crippen LogP contribution in [0.2, 0.25) is 0 Å². The molecule has 18 heavy (non-hydrogen) atoms. The zero-order chi connectivity index (χ0) is 13.5. The molecule has 1 atom stereocenters. The summed E-state index contributed by atoms with van der Waals surface area (Å²) < 4.78 is 0. The molecule has 1 amide bonds. The molecule has 1 aromatic rings. The number of aryl methyl sites for hydroxylation is 1. The Morgan fingerprint density at radius 2 is 1.83 bits per heavy atom. The minimum absolute atomic E-state index is 0.0377. The molecule has 0 bridgehead atoms. The molecule has 0 spiro atoms. The van der Waals surface area contributed by atoms with Crippen molar-refractivity contribution in [1.82, 2.24) is 10.6 Å². The van der Waals surface area contributed by atoms with Crippen LogP contribution in [0, 0.1) is 5.92 Å². The van der Waals surface area contributed by atoms with E-state index in [4.69, 9.17) is 0 Å². The molecule has 0 saturated heterocycles. The molecule has 1 aromatic carbocycles. The normalized spacial score (nSPS) is 12.5. The smallest absolute Gasteiger partial charge is 0.234 e. The van der Waals surface area contributed by atoms with Crippen LogP contribution in [-0.4, -0.2) is 19.5 Å². The fraction of sp³-hybridized carbons (Fsp3) is 0.533. The van der Waals surface area contributed by atoms with Gasteiger partial charge in [0.15, 0.2) is 0 Å². The van der Waals surface area contributed by atoms with Gasteiger partial charge in [0.25, 0.3) is 0 Å². The molecule has 2 N–H and O–H groups in total. The van der Waals surface area contributed by atoms with Gasteiger partial charge in [0.2, 0.25) is 5.91 Å². The Bertz CT molecular complexity index is 371. The van der Waals surface area contributed by atoms with Crippen LogP contribution in [0.15, 0.2) is 24.3 Å². The van der Waals surface area contributed by atoms with Gasteiger partial charge in [-0.2, -0.15) is 0 Å². The second kappa shape index (κ2) is 7.17. The van der Waals surface area contributed by atoms with E-state index < -0.39 is 0 Å². The first-order valence-corrected chi connectivity index (χ1v) is 6.61. The van der Waals surface area contributed by atoms with Crippen molar-refractivity contribution in [1.29, 1.82) is 0 Å². The molecular weight excluding hydrogens is 224 g/mol. The minimum atomic E-state index is 0.0377. The lowest BCUT2D eigenvalue weighted by Gasteiger charge is -2.23. The molecule has 0 aliphatic rings. The van der Waals surface area contributed by atoms with Gasteiger partial charge in [-0.05, 0) is 30.5 Å². The van der Waals surface area contributed by atoms with Gasteiger partial charge in [0.1, 0.15) is 0 Å². The van der Waals surface area contributed by atoms with Gasteiger partial charge in [0.05, 0.1) is 12.6 Å². The van der Waals surface area contributed by atoms with Crippen LogP contribution in [0.25, 0.3) is 0 Å². The largest absolute Gasteiger partial charge is 0.348 e. The Kier molecular flexibility index (Phi) is 5.86. The summed E-state index contributed by atoms with van der Waals surface area (Å²) in [5.41, 5.74) is 2.49. The third kappa shape index (κ3) is 4.15. The van der Waals surface area contributed by atoms with E-state index in [2.05, 4.69) is 55.7 Å². The second-order valence-corrected chi connectivity index (χ2v) is 4.91. The lowest BCUT2D eigenvalue weighted by molar-refractivity contribution is -0.121. The van der Waals surface area contributed by atoms with Crippen molar-refractivity contribution >= 4 is 5.91 Å². The summed E-state index contributed by atoms with van der Waals surface area (Å²) in [5.74, 6) is 0.411. The van der Waals surface area contributed by atoms with Gasteiger partial charge in [0, 0.05) is 0 Å². The highest BCUT2D eigenvalue weighted by Crippen LogP contribution is 2.22. The number of carbonyl (C=O) groups excluding carboxylic acids is 1. The van der Waals surface area contributed by atoms with E-state index in [1.807, 2.05) is 0 Å². The SMILES string of the molecule is CCc1ccc(C(NC(=O)CNC)C(C)C)cc1. The predicted molar refractivity (Wildman–Crippen MR) is 75.5 cm³/mol. The standard InChI is InChI=1S/C15H24N2O/c1-5-12-6-8-13(9-7-12)15(11(2)3)17-14(18)10-16-4/h6-9,11,15-16H,5,10H2,1-4H3,(H,17,18). The third-order valence-electron chi connectivity index (χ3n) is 3.07. The first kappa shape index (κ1) is 14.7. The summed E-state index contributed by atoms with van der Waals surface area (Å²) in [5, 5.41) is 5.94. The Morgan fingerprint density at radius 3 is 2.28 bits per heavy atom. The molecule has 0 heterocycles. The summed E-state index contributed by atoms with van der Waals surface area (Å²) >= 11 is 0. The molecule has 100 valence electrons. The van der Waals surface area contributed by atoms with Crippen LogP contribution >= 0.6 is 0 Å². The number of carbonyl (C=O) groups is 1. The van der Waals surface area contributed by atoms with Crippen molar-refractivity contribution in [3.05, 3.63) is 35.4 Å². The Morgan fingerprint density at radius 1 is 1.22 bits per heavy atom. The number of amides is 1. The molecule has 0 fully saturated rings. The van der Waals surface area contributed by atoms with Crippen molar-refractivity contribution in [2.24, 2.45) is 5.92 Å². The maximum Gasteiger partial charge on any atom is 0.234 e. The molecule has 1 rings (SSSR count). The first-order chi connectivity index (χ1) is 8.58. The summed E-state index contributed by atoms with van der Waals surface area (Å²) in [6.07, 6.45) is 1.04. The number of hydrogen-bond donors (Lipinski definition) is 2. The van der Waals surface area contributed by atoms with Gasteiger partial charge in [-0.3, -0.25) is 4.79 Å². The summed E-state index contributed by atoms with van der Waals surface area (Å²) in [6, 6.07) is 8.58. The summed E-state index contributed by atoms with van der Waals surface area (Å²) in [6.45, 7) is 6.75. The van der Waals surface area contributed by atoms with Gasteiger partial charge < -0.3 is 10.6 Å². The van der Waals surface area contributed by atoms with Crippen LogP contribution in [-0.2, 0) is 11.2 Å². The number of nitrogens with one attached hydrogen (secondary N) is 2. The average molecular weight is 248 g/mol. The predicted octanol–water partition coefficient (Wildman–Crippen LogP) is 2.28. The van der Waals surface area contributed by atoms with Gasteiger partial charge in [-0.25, -0.2) is 0 Å². The molecule has 1 unspecified atom stereocenters. The number of rotatable bonds is 6. The van der Waals surface area contributed by atoms with E-state index in [0.717, 1.165) is 6.42 Å². The first-order valence-electron chi connectivity index (χ1n) is 6.61. The van der Waals surface area contributed by atoms with E-state index in [1.165, 1.54) is 11.1 Å². The Hall–Kier alpha value is -1.35. The van der Waals surface area contributed by atoms with Crippen molar-refractivity contribution in [3.63, 3.8) is 0 Å². The van der Waals surface area contributed by atoms with Crippen molar-refractivity contribution in [3.8, 4) is 0 Å². The van der Waals surface area contributed by atoms with Crippen LogP contribution in [0.5, 0.6) is 0 Å². The topological polar surface area (TPSA) is 41.1 Å². The Labute approximate surface area is 110 Å². The zero-order valence-corrected chi connectivity index (χ0v) is 11.8. The van der Waals surface area contributed by atoms with Crippen LogP contribution in [0.1, 0.15) is 37.9 Å². The quantitative estimate of drug-likeness (QED) is 0.811. The molecule has 0 aliphatic carbocycles. The van der Waals surface area contributed by atoms with Crippen molar-refractivity contribution in [2.75, 3.05) is 13.6 Å². The number of likely N-dealkylation sites (N-methyl/N-ethyl adjacent to an activating group) is 1. The highest BCUT2D eigenvalue weighted by atomic mass is 16.1. The molecule has 3 heteroatoms.